The van der Waals surface area contributed by atoms with Crippen LogP contribution in [-0.2, 0) is 0 Å². The molecule has 1 N–H and O–H groups in total. The highest BCUT2D eigenvalue weighted by atomic mass is 32.2. The van der Waals surface area contributed by atoms with E-state index in [9.17, 15) is 4.79 Å². The number of hydrogen-bond donors (Lipinski definition) is 1. The predicted molar refractivity (Wildman–Crippen MR) is 54.0 cm³/mol. The van der Waals surface area contributed by atoms with Crippen molar-refractivity contribution >= 4 is 34.6 Å². The van der Waals surface area contributed by atoms with Crippen LogP contribution < -0.4 is 5.43 Å². The molecule has 0 radical (unpaired) electrons. The number of rotatable bonds is 2. The Hall–Kier alpha value is -0.810. The zero-order chi connectivity index (χ0) is 8.81. The standard InChI is InChI=1S/C7H8N2OS2/c1-11-7(10)9-8-5-6-3-2-4-12-6/h2-5H,1H3,(H,9,10)/b8-5-. The largest absolute Gasteiger partial charge is 0.298 e. The van der Waals surface area contributed by atoms with Gasteiger partial charge >= 0.3 is 0 Å². The molecular formula is C7H8N2OS2. The van der Waals surface area contributed by atoms with Gasteiger partial charge in [-0.3, -0.25) is 4.79 Å². The molecule has 0 spiro atoms. The lowest BCUT2D eigenvalue weighted by molar-refractivity contribution is 0.261. The summed E-state index contributed by atoms with van der Waals surface area (Å²) in [4.78, 5) is 11.7. The van der Waals surface area contributed by atoms with E-state index in [-0.39, 0.29) is 5.24 Å². The quantitative estimate of drug-likeness (QED) is 0.587. The van der Waals surface area contributed by atoms with Gasteiger partial charge in [-0.1, -0.05) is 17.8 Å². The molecule has 1 rings (SSSR count). The lowest BCUT2D eigenvalue weighted by Crippen LogP contribution is -2.10. The zero-order valence-electron chi connectivity index (χ0n) is 6.48. The summed E-state index contributed by atoms with van der Waals surface area (Å²) in [6.45, 7) is 0. The first kappa shape index (κ1) is 9.28. The first-order valence-corrected chi connectivity index (χ1v) is 5.34. The number of hydrazone groups is 1. The molecule has 0 saturated carbocycles. The molecule has 12 heavy (non-hydrogen) atoms. The Labute approximate surface area is 78.9 Å². The van der Waals surface area contributed by atoms with Crippen molar-refractivity contribution in [3.05, 3.63) is 22.4 Å². The van der Waals surface area contributed by atoms with E-state index < -0.39 is 0 Å². The van der Waals surface area contributed by atoms with Gasteiger partial charge < -0.3 is 0 Å². The minimum absolute atomic E-state index is 0.150. The van der Waals surface area contributed by atoms with Gasteiger partial charge in [0, 0.05) is 4.88 Å². The van der Waals surface area contributed by atoms with E-state index in [4.69, 9.17) is 0 Å². The SMILES string of the molecule is CSC(=O)N/N=C\c1cccs1. The monoisotopic (exact) mass is 200 g/mol. The second-order valence-electron chi connectivity index (χ2n) is 1.88. The van der Waals surface area contributed by atoms with Crippen molar-refractivity contribution in [3.63, 3.8) is 0 Å². The Morgan fingerprint density at radius 1 is 1.83 bits per heavy atom. The van der Waals surface area contributed by atoms with E-state index >= 15 is 0 Å². The van der Waals surface area contributed by atoms with Crippen LogP contribution in [0.15, 0.2) is 22.6 Å². The maximum Gasteiger partial charge on any atom is 0.298 e. The number of thioether (sulfide) groups is 1. The summed E-state index contributed by atoms with van der Waals surface area (Å²) in [5.41, 5.74) is 2.37. The molecule has 1 amide bonds. The molecule has 0 saturated heterocycles. The van der Waals surface area contributed by atoms with E-state index in [2.05, 4.69) is 10.5 Å². The van der Waals surface area contributed by atoms with E-state index in [1.807, 2.05) is 17.5 Å². The number of carbonyl (C=O) groups excluding carboxylic acids is 1. The van der Waals surface area contributed by atoms with Gasteiger partial charge in [-0.05, 0) is 17.7 Å². The van der Waals surface area contributed by atoms with Crippen LogP contribution in [0.1, 0.15) is 4.88 Å². The van der Waals surface area contributed by atoms with E-state index in [1.54, 1.807) is 23.8 Å². The lowest BCUT2D eigenvalue weighted by atomic mass is 10.5. The van der Waals surface area contributed by atoms with Gasteiger partial charge in [0.15, 0.2) is 0 Å². The van der Waals surface area contributed by atoms with Crippen LogP contribution >= 0.6 is 23.1 Å². The Morgan fingerprint density at radius 3 is 3.25 bits per heavy atom. The molecule has 0 fully saturated rings. The van der Waals surface area contributed by atoms with Crippen molar-refractivity contribution in [1.82, 2.24) is 5.43 Å². The molecular weight excluding hydrogens is 192 g/mol. The van der Waals surface area contributed by atoms with Crippen LogP contribution in [-0.4, -0.2) is 17.7 Å². The van der Waals surface area contributed by atoms with E-state index in [0.717, 1.165) is 16.6 Å². The summed E-state index contributed by atoms with van der Waals surface area (Å²) >= 11 is 2.68. The highest BCUT2D eigenvalue weighted by Crippen LogP contribution is 2.04. The van der Waals surface area contributed by atoms with Crippen molar-refractivity contribution in [2.24, 2.45) is 5.10 Å². The third-order valence-electron chi connectivity index (χ3n) is 1.08. The van der Waals surface area contributed by atoms with Gasteiger partial charge in [0.2, 0.25) is 0 Å². The summed E-state index contributed by atoms with van der Waals surface area (Å²) in [6, 6.07) is 3.86. The Balaban J connectivity index is 2.37. The summed E-state index contributed by atoms with van der Waals surface area (Å²) in [5, 5.41) is 5.56. The molecule has 0 unspecified atom stereocenters. The fourth-order valence-corrected chi connectivity index (χ4v) is 1.29. The van der Waals surface area contributed by atoms with Crippen LogP contribution in [0, 0.1) is 0 Å². The summed E-state index contributed by atoms with van der Waals surface area (Å²) in [5.74, 6) is 0. The smallest absolute Gasteiger partial charge is 0.260 e. The van der Waals surface area contributed by atoms with Crippen molar-refractivity contribution < 1.29 is 4.79 Å². The minimum Gasteiger partial charge on any atom is -0.260 e. The second-order valence-corrected chi connectivity index (χ2v) is 3.64. The molecule has 1 aromatic heterocycles. The topological polar surface area (TPSA) is 41.5 Å². The van der Waals surface area contributed by atoms with Crippen LogP contribution in [0.25, 0.3) is 0 Å². The van der Waals surface area contributed by atoms with Crippen LogP contribution in [0.4, 0.5) is 4.79 Å². The number of carbonyl (C=O) groups is 1. The van der Waals surface area contributed by atoms with Crippen LogP contribution in [0.5, 0.6) is 0 Å². The van der Waals surface area contributed by atoms with Gasteiger partial charge in [-0.25, -0.2) is 5.43 Å². The fraction of sp³-hybridized carbons (Fsp3) is 0.143. The average molecular weight is 200 g/mol. The fourth-order valence-electron chi connectivity index (χ4n) is 0.559. The maximum absolute atomic E-state index is 10.7. The first-order chi connectivity index (χ1) is 5.83. The Morgan fingerprint density at radius 2 is 2.67 bits per heavy atom. The number of nitrogens with one attached hydrogen (secondary N) is 1. The second kappa shape index (κ2) is 4.95. The average Bonchev–Trinajstić information content (AvgIpc) is 2.57. The van der Waals surface area contributed by atoms with Crippen molar-refractivity contribution in [3.8, 4) is 0 Å². The van der Waals surface area contributed by atoms with Crippen LogP contribution in [0.2, 0.25) is 0 Å². The van der Waals surface area contributed by atoms with Gasteiger partial charge in [-0.15, -0.1) is 11.3 Å². The number of amides is 1. The van der Waals surface area contributed by atoms with Crippen molar-refractivity contribution in [2.45, 2.75) is 0 Å². The predicted octanol–water partition coefficient (Wildman–Crippen LogP) is 2.15. The zero-order valence-corrected chi connectivity index (χ0v) is 8.11. The molecule has 0 aromatic carbocycles. The molecule has 1 heterocycles. The first-order valence-electron chi connectivity index (χ1n) is 3.23. The number of nitrogens with zero attached hydrogens (tertiary/aromatic N) is 1. The van der Waals surface area contributed by atoms with Crippen molar-refractivity contribution in [2.75, 3.05) is 6.26 Å². The summed E-state index contributed by atoms with van der Waals surface area (Å²) in [7, 11) is 0. The van der Waals surface area contributed by atoms with Crippen LogP contribution in [0.3, 0.4) is 0 Å². The maximum atomic E-state index is 10.7. The van der Waals surface area contributed by atoms with Gasteiger partial charge in [-0.2, -0.15) is 5.10 Å². The molecule has 64 valence electrons. The molecule has 0 aliphatic heterocycles. The highest BCUT2D eigenvalue weighted by molar-refractivity contribution is 8.12. The molecule has 0 atom stereocenters. The Kier molecular flexibility index (Phi) is 3.83. The molecule has 0 aliphatic rings. The Bertz CT molecular complexity index is 269. The summed E-state index contributed by atoms with van der Waals surface area (Å²) < 4.78 is 0. The molecule has 5 heteroatoms. The van der Waals surface area contributed by atoms with Gasteiger partial charge in [0.05, 0.1) is 6.21 Å². The minimum atomic E-state index is -0.150. The third-order valence-corrected chi connectivity index (χ3v) is 2.35. The molecule has 1 aromatic rings. The van der Waals surface area contributed by atoms with E-state index in [0.29, 0.717) is 0 Å². The summed E-state index contributed by atoms with van der Waals surface area (Å²) in [6.07, 6.45) is 3.33. The molecule has 3 nitrogen and oxygen atoms in total. The molecule has 0 bridgehead atoms. The van der Waals surface area contributed by atoms with Crippen molar-refractivity contribution in [1.29, 1.82) is 0 Å². The normalized spacial score (nSPS) is 10.4. The van der Waals surface area contributed by atoms with Gasteiger partial charge in [0.1, 0.15) is 0 Å². The number of hydrogen-bond acceptors (Lipinski definition) is 4. The molecule has 0 aliphatic carbocycles. The van der Waals surface area contributed by atoms with Gasteiger partial charge in [0.25, 0.3) is 5.24 Å². The highest BCUT2D eigenvalue weighted by Gasteiger charge is 1.92. The number of thiophene rings is 1. The van der Waals surface area contributed by atoms with E-state index in [1.165, 1.54) is 0 Å². The third kappa shape index (κ3) is 3.06. The lowest BCUT2D eigenvalue weighted by Gasteiger charge is -1.91.